The van der Waals surface area contributed by atoms with Crippen LogP contribution in [0.2, 0.25) is 0 Å². The average Bonchev–Trinajstić information content (AvgIpc) is 2.71. The first-order chi connectivity index (χ1) is 13.8. The summed E-state index contributed by atoms with van der Waals surface area (Å²) < 4.78 is 29.0. The molecule has 5 heteroatoms. The van der Waals surface area contributed by atoms with E-state index in [0.29, 0.717) is 28.7 Å². The molecule has 29 heavy (non-hydrogen) atoms. The Morgan fingerprint density at radius 3 is 2.45 bits per heavy atom. The number of aromatic nitrogens is 1. The van der Waals surface area contributed by atoms with Gasteiger partial charge in [-0.25, -0.2) is 8.78 Å². The molecule has 0 N–H and O–H groups in total. The van der Waals surface area contributed by atoms with Crippen LogP contribution in [0, 0.1) is 11.6 Å². The Labute approximate surface area is 167 Å². The number of halogens is 2. The standard InChI is InChI=1S/C24H21F2NO2/c1-4-15-10-19(14-27(3)24(15)29)21-12-18(23(28)5-2)7-6-16(21)11-17-8-9-20(25)13-22(17)26/h5-10,12-14H,2,4,11H2,1,3H3. The first kappa shape index (κ1) is 20.4. The highest BCUT2D eigenvalue weighted by Gasteiger charge is 2.14. The molecule has 148 valence electrons. The molecule has 0 unspecified atom stereocenters. The largest absolute Gasteiger partial charge is 0.318 e. The van der Waals surface area contributed by atoms with Crippen molar-refractivity contribution >= 4 is 5.78 Å². The van der Waals surface area contributed by atoms with E-state index in [1.165, 1.54) is 22.8 Å². The Bertz CT molecular complexity index is 1160. The fraction of sp³-hybridized carbons (Fsp3) is 0.167. The fourth-order valence-corrected chi connectivity index (χ4v) is 3.32. The van der Waals surface area contributed by atoms with E-state index >= 15 is 0 Å². The van der Waals surface area contributed by atoms with Crippen LogP contribution < -0.4 is 5.56 Å². The van der Waals surface area contributed by atoms with Gasteiger partial charge in [0.1, 0.15) is 11.6 Å². The molecule has 1 heterocycles. The highest BCUT2D eigenvalue weighted by Crippen LogP contribution is 2.28. The van der Waals surface area contributed by atoms with Gasteiger partial charge in [0.15, 0.2) is 5.78 Å². The highest BCUT2D eigenvalue weighted by molar-refractivity contribution is 6.05. The first-order valence-corrected chi connectivity index (χ1v) is 9.27. The summed E-state index contributed by atoms with van der Waals surface area (Å²) >= 11 is 0. The van der Waals surface area contributed by atoms with Gasteiger partial charge in [-0.05, 0) is 52.9 Å². The molecule has 2 aromatic carbocycles. The second kappa shape index (κ2) is 8.35. The molecule has 0 saturated carbocycles. The van der Waals surface area contributed by atoms with Crippen molar-refractivity contribution in [1.29, 1.82) is 0 Å². The van der Waals surface area contributed by atoms with Crippen LogP contribution in [0.1, 0.15) is 34.0 Å². The van der Waals surface area contributed by atoms with Crippen LogP contribution in [0.5, 0.6) is 0 Å². The molecule has 0 aliphatic carbocycles. The van der Waals surface area contributed by atoms with Crippen LogP contribution >= 0.6 is 0 Å². The first-order valence-electron chi connectivity index (χ1n) is 9.27. The maximum Gasteiger partial charge on any atom is 0.253 e. The SMILES string of the molecule is C=CC(=O)c1ccc(Cc2ccc(F)cc2F)c(-c2cc(CC)c(=O)n(C)c2)c1. The van der Waals surface area contributed by atoms with E-state index in [2.05, 4.69) is 6.58 Å². The van der Waals surface area contributed by atoms with E-state index in [4.69, 9.17) is 0 Å². The zero-order valence-corrected chi connectivity index (χ0v) is 16.3. The number of hydrogen-bond acceptors (Lipinski definition) is 2. The third-order valence-electron chi connectivity index (χ3n) is 4.93. The minimum absolute atomic E-state index is 0.0827. The number of nitrogens with zero attached hydrogens (tertiary/aromatic N) is 1. The lowest BCUT2D eigenvalue weighted by molar-refractivity contribution is 0.104. The lowest BCUT2D eigenvalue weighted by Crippen LogP contribution is -2.20. The van der Waals surface area contributed by atoms with Gasteiger partial charge in [-0.1, -0.05) is 31.7 Å². The van der Waals surface area contributed by atoms with E-state index in [1.54, 1.807) is 37.5 Å². The lowest BCUT2D eigenvalue weighted by Gasteiger charge is -2.14. The smallest absolute Gasteiger partial charge is 0.253 e. The highest BCUT2D eigenvalue weighted by atomic mass is 19.1. The molecule has 0 fully saturated rings. The van der Waals surface area contributed by atoms with Gasteiger partial charge in [-0.3, -0.25) is 9.59 Å². The minimum atomic E-state index is -0.635. The van der Waals surface area contributed by atoms with Crippen molar-refractivity contribution < 1.29 is 13.6 Å². The predicted molar refractivity (Wildman–Crippen MR) is 110 cm³/mol. The Morgan fingerprint density at radius 1 is 1.07 bits per heavy atom. The van der Waals surface area contributed by atoms with Gasteiger partial charge in [-0.15, -0.1) is 0 Å². The second-order valence-electron chi connectivity index (χ2n) is 6.88. The van der Waals surface area contributed by atoms with Crippen molar-refractivity contribution in [3.8, 4) is 11.1 Å². The zero-order valence-electron chi connectivity index (χ0n) is 16.3. The van der Waals surface area contributed by atoms with Crippen molar-refractivity contribution in [3.05, 3.63) is 106 Å². The summed E-state index contributed by atoms with van der Waals surface area (Å²) in [5.41, 5.74) is 3.58. The summed E-state index contributed by atoms with van der Waals surface area (Å²) in [6.45, 7) is 5.42. The van der Waals surface area contributed by atoms with Crippen molar-refractivity contribution in [3.63, 3.8) is 0 Å². The normalized spacial score (nSPS) is 10.8. The van der Waals surface area contributed by atoms with Crippen molar-refractivity contribution in [2.75, 3.05) is 0 Å². The molecule has 0 saturated heterocycles. The zero-order chi connectivity index (χ0) is 21.1. The fourth-order valence-electron chi connectivity index (χ4n) is 3.32. The van der Waals surface area contributed by atoms with Crippen LogP contribution in [-0.4, -0.2) is 10.4 Å². The molecule has 1 aromatic heterocycles. The van der Waals surface area contributed by atoms with E-state index in [-0.39, 0.29) is 17.8 Å². The molecule has 0 aliphatic heterocycles. The van der Waals surface area contributed by atoms with Crippen LogP contribution in [0.15, 0.2) is 66.1 Å². The van der Waals surface area contributed by atoms with Gasteiger partial charge in [0.25, 0.3) is 5.56 Å². The summed E-state index contributed by atoms with van der Waals surface area (Å²) in [4.78, 5) is 24.4. The molecule has 3 nitrogen and oxygen atoms in total. The molecular formula is C24H21F2NO2. The Morgan fingerprint density at radius 2 is 1.79 bits per heavy atom. The molecule has 0 radical (unpaired) electrons. The van der Waals surface area contributed by atoms with Gasteiger partial charge >= 0.3 is 0 Å². The molecule has 0 aliphatic rings. The van der Waals surface area contributed by atoms with Gasteiger partial charge in [-0.2, -0.15) is 0 Å². The predicted octanol–water partition coefficient (Wildman–Crippen LogP) is 4.85. The van der Waals surface area contributed by atoms with Crippen LogP contribution in [0.25, 0.3) is 11.1 Å². The maximum atomic E-state index is 14.2. The number of carbonyl (C=O) groups is 1. The number of hydrogen-bond donors (Lipinski definition) is 0. The molecule has 0 spiro atoms. The molecular weight excluding hydrogens is 372 g/mol. The van der Waals surface area contributed by atoms with E-state index in [9.17, 15) is 18.4 Å². The average molecular weight is 393 g/mol. The van der Waals surface area contributed by atoms with Crippen LogP contribution in [-0.2, 0) is 19.9 Å². The Balaban J connectivity index is 2.19. The number of carbonyl (C=O) groups excluding carboxylic acids is 1. The molecule has 0 amide bonds. The summed E-state index contributed by atoms with van der Waals surface area (Å²) in [5, 5.41) is 0. The summed E-state index contributed by atoms with van der Waals surface area (Å²) in [5.74, 6) is -1.49. The Kier molecular flexibility index (Phi) is 5.87. The number of rotatable bonds is 6. The number of pyridine rings is 1. The molecule has 3 rings (SSSR count). The van der Waals surface area contributed by atoms with Gasteiger partial charge < -0.3 is 4.57 Å². The third kappa shape index (κ3) is 4.24. The topological polar surface area (TPSA) is 39.1 Å². The van der Waals surface area contributed by atoms with E-state index in [1.807, 2.05) is 6.92 Å². The van der Waals surface area contributed by atoms with Crippen LogP contribution in [0.3, 0.4) is 0 Å². The molecule has 3 aromatic rings. The van der Waals surface area contributed by atoms with Crippen molar-refractivity contribution in [1.82, 2.24) is 4.57 Å². The van der Waals surface area contributed by atoms with E-state index in [0.717, 1.165) is 17.2 Å². The number of benzene rings is 2. The summed E-state index contributed by atoms with van der Waals surface area (Å²) in [7, 11) is 1.67. The van der Waals surface area contributed by atoms with Crippen molar-refractivity contribution in [2.45, 2.75) is 19.8 Å². The van der Waals surface area contributed by atoms with Crippen LogP contribution in [0.4, 0.5) is 8.78 Å². The maximum absolute atomic E-state index is 14.2. The summed E-state index contributed by atoms with van der Waals surface area (Å²) in [6.07, 6.45) is 3.71. The number of allylic oxidation sites excluding steroid dienone is 1. The number of ketones is 1. The molecule has 0 atom stereocenters. The Hall–Kier alpha value is -3.34. The lowest BCUT2D eigenvalue weighted by atomic mass is 9.92. The van der Waals surface area contributed by atoms with Gasteiger partial charge in [0.05, 0.1) is 0 Å². The van der Waals surface area contributed by atoms with Gasteiger partial charge in [0.2, 0.25) is 0 Å². The summed E-state index contributed by atoms with van der Waals surface area (Å²) in [6, 6.07) is 10.4. The van der Waals surface area contributed by atoms with Crippen molar-refractivity contribution in [2.24, 2.45) is 7.05 Å². The van der Waals surface area contributed by atoms with E-state index < -0.39 is 11.6 Å². The monoisotopic (exact) mass is 393 g/mol. The molecule has 0 bridgehead atoms. The number of aryl methyl sites for hydroxylation is 2. The van der Waals surface area contributed by atoms with Gasteiger partial charge in [0, 0.05) is 36.9 Å². The minimum Gasteiger partial charge on any atom is -0.318 e. The quantitative estimate of drug-likeness (QED) is 0.444. The second-order valence-corrected chi connectivity index (χ2v) is 6.88. The third-order valence-corrected chi connectivity index (χ3v) is 4.93.